The molecule has 0 N–H and O–H groups in total. The van der Waals surface area contributed by atoms with Crippen molar-refractivity contribution in [1.29, 1.82) is 0 Å². The van der Waals surface area contributed by atoms with E-state index in [1.54, 1.807) is 7.11 Å². The molecule has 0 bridgehead atoms. The number of hydrogen-bond acceptors (Lipinski definition) is 4. The summed E-state index contributed by atoms with van der Waals surface area (Å²) in [5.41, 5.74) is 1.90. The Balaban J connectivity index is 1.47. The van der Waals surface area contributed by atoms with Crippen molar-refractivity contribution in [1.82, 2.24) is 4.90 Å². The fourth-order valence-corrected chi connectivity index (χ4v) is 4.71. The third kappa shape index (κ3) is 2.62. The molecule has 1 saturated heterocycles. The van der Waals surface area contributed by atoms with Gasteiger partial charge < -0.3 is 14.4 Å². The van der Waals surface area contributed by atoms with Crippen LogP contribution in [0.25, 0.3) is 0 Å². The number of carbonyl (C=O) groups is 1. The van der Waals surface area contributed by atoms with E-state index in [0.29, 0.717) is 5.56 Å². The fraction of sp³-hybridized carbons (Fsp3) is 0.421. The second-order valence-electron chi connectivity index (χ2n) is 6.37. The number of methoxy groups -OCH3 is 1. The first-order valence-electron chi connectivity index (χ1n) is 8.36. The molecule has 3 heterocycles. The number of rotatable bonds is 2. The van der Waals surface area contributed by atoms with Gasteiger partial charge >= 0.3 is 0 Å². The van der Waals surface area contributed by atoms with Gasteiger partial charge in [-0.2, -0.15) is 0 Å². The minimum absolute atomic E-state index is 0.0915. The summed E-state index contributed by atoms with van der Waals surface area (Å²) in [7, 11) is 1.63. The average Bonchev–Trinajstić information content (AvgIpc) is 3.12. The van der Waals surface area contributed by atoms with E-state index in [4.69, 9.17) is 9.47 Å². The topological polar surface area (TPSA) is 38.8 Å². The highest BCUT2D eigenvalue weighted by molar-refractivity contribution is 7.10. The minimum atomic E-state index is -0.176. The highest BCUT2D eigenvalue weighted by Gasteiger charge is 2.42. The molecule has 1 aromatic carbocycles. The number of fused-ring (bicyclic) bond motifs is 2. The molecule has 0 saturated carbocycles. The molecule has 0 unspecified atom stereocenters. The summed E-state index contributed by atoms with van der Waals surface area (Å²) in [5, 5.41) is 2.16. The molecule has 2 aromatic rings. The quantitative estimate of drug-likeness (QED) is 0.838. The summed E-state index contributed by atoms with van der Waals surface area (Å²) < 4.78 is 11.4. The molecule has 0 radical (unpaired) electrons. The molecule has 126 valence electrons. The van der Waals surface area contributed by atoms with Crippen LogP contribution in [-0.4, -0.2) is 37.6 Å². The van der Waals surface area contributed by atoms with Crippen molar-refractivity contribution in [2.75, 3.05) is 26.8 Å². The van der Waals surface area contributed by atoms with Gasteiger partial charge in [0.1, 0.15) is 5.75 Å². The molecule has 1 amide bonds. The molecular formula is C19H21NO3S. The average molecular weight is 343 g/mol. The zero-order valence-corrected chi connectivity index (χ0v) is 14.6. The van der Waals surface area contributed by atoms with Crippen LogP contribution in [0, 0.1) is 0 Å². The zero-order chi connectivity index (χ0) is 16.6. The number of amides is 1. The highest BCUT2D eigenvalue weighted by Crippen LogP contribution is 2.43. The largest absolute Gasteiger partial charge is 0.497 e. The molecule has 4 nitrogen and oxygen atoms in total. The van der Waals surface area contributed by atoms with Gasteiger partial charge in [0, 0.05) is 30.0 Å². The number of likely N-dealkylation sites (tertiary alicyclic amines) is 1. The molecule has 0 aliphatic carbocycles. The maximum Gasteiger partial charge on any atom is 0.253 e. The molecular weight excluding hydrogens is 322 g/mol. The zero-order valence-electron chi connectivity index (χ0n) is 13.8. The third-order valence-corrected chi connectivity index (χ3v) is 6.12. The van der Waals surface area contributed by atoms with Crippen LogP contribution in [0.4, 0.5) is 0 Å². The van der Waals surface area contributed by atoms with E-state index < -0.39 is 0 Å². The van der Waals surface area contributed by atoms with Crippen molar-refractivity contribution >= 4 is 17.2 Å². The van der Waals surface area contributed by atoms with Crippen molar-refractivity contribution in [2.24, 2.45) is 0 Å². The minimum Gasteiger partial charge on any atom is -0.497 e. The second kappa shape index (κ2) is 6.22. The van der Waals surface area contributed by atoms with E-state index in [2.05, 4.69) is 11.4 Å². The molecule has 2 aliphatic rings. The Kier molecular flexibility index (Phi) is 4.06. The lowest BCUT2D eigenvalue weighted by Crippen LogP contribution is -2.48. The van der Waals surface area contributed by atoms with Crippen molar-refractivity contribution in [3.63, 3.8) is 0 Å². The van der Waals surface area contributed by atoms with Gasteiger partial charge in [0.15, 0.2) is 0 Å². The Morgan fingerprint density at radius 2 is 1.96 bits per heavy atom. The lowest BCUT2D eigenvalue weighted by Gasteiger charge is -2.44. The smallest absolute Gasteiger partial charge is 0.253 e. The summed E-state index contributed by atoms with van der Waals surface area (Å²) in [5.74, 6) is 0.860. The number of ether oxygens (including phenoxy) is 2. The van der Waals surface area contributed by atoms with Gasteiger partial charge in [-0.15, -0.1) is 11.3 Å². The van der Waals surface area contributed by atoms with Crippen molar-refractivity contribution in [3.05, 3.63) is 51.7 Å². The van der Waals surface area contributed by atoms with E-state index >= 15 is 0 Å². The Morgan fingerprint density at radius 3 is 2.67 bits per heavy atom. The van der Waals surface area contributed by atoms with Crippen molar-refractivity contribution in [3.8, 4) is 5.75 Å². The summed E-state index contributed by atoms with van der Waals surface area (Å²) in [6.07, 6.45) is 2.76. The lowest BCUT2D eigenvalue weighted by molar-refractivity contribution is -0.0926. The molecule has 1 spiro atoms. The first kappa shape index (κ1) is 15.7. The number of hydrogen-bond donors (Lipinski definition) is 0. The summed E-state index contributed by atoms with van der Waals surface area (Å²) in [6, 6.07) is 9.54. The normalized spacial score (nSPS) is 19.1. The van der Waals surface area contributed by atoms with Crippen LogP contribution >= 0.6 is 11.3 Å². The monoisotopic (exact) mass is 343 g/mol. The summed E-state index contributed by atoms with van der Waals surface area (Å²) in [6.45, 7) is 2.26. The SMILES string of the molecule is COc1ccc(C(=O)N2CCC3(CC2)OCCc2sccc23)cc1. The Labute approximate surface area is 146 Å². The van der Waals surface area contributed by atoms with Gasteiger partial charge in [-0.3, -0.25) is 4.79 Å². The van der Waals surface area contributed by atoms with Gasteiger partial charge in [0.2, 0.25) is 0 Å². The maximum absolute atomic E-state index is 12.7. The number of thiophene rings is 1. The van der Waals surface area contributed by atoms with Gasteiger partial charge in [-0.1, -0.05) is 0 Å². The third-order valence-electron chi connectivity index (χ3n) is 5.14. The lowest BCUT2D eigenvalue weighted by atomic mass is 9.82. The van der Waals surface area contributed by atoms with Gasteiger partial charge in [-0.25, -0.2) is 0 Å². The maximum atomic E-state index is 12.7. The van der Waals surface area contributed by atoms with E-state index in [1.807, 2.05) is 40.5 Å². The van der Waals surface area contributed by atoms with Crippen molar-refractivity contribution in [2.45, 2.75) is 24.9 Å². The molecule has 1 aromatic heterocycles. The van der Waals surface area contributed by atoms with Crippen LogP contribution in [-0.2, 0) is 16.8 Å². The van der Waals surface area contributed by atoms with Crippen LogP contribution in [0.2, 0.25) is 0 Å². The van der Waals surface area contributed by atoms with Crippen molar-refractivity contribution < 1.29 is 14.3 Å². The predicted molar refractivity (Wildman–Crippen MR) is 93.8 cm³/mol. The molecule has 0 atom stereocenters. The first-order chi connectivity index (χ1) is 11.7. The Hall–Kier alpha value is -1.85. The van der Waals surface area contributed by atoms with Crippen LogP contribution in [0.5, 0.6) is 5.75 Å². The van der Waals surface area contributed by atoms with Crippen LogP contribution in [0.3, 0.4) is 0 Å². The number of piperidine rings is 1. The Morgan fingerprint density at radius 1 is 1.21 bits per heavy atom. The summed E-state index contributed by atoms with van der Waals surface area (Å²) in [4.78, 5) is 16.1. The number of benzene rings is 1. The molecule has 24 heavy (non-hydrogen) atoms. The van der Waals surface area contributed by atoms with E-state index in [9.17, 15) is 4.79 Å². The standard InChI is InChI=1S/C19H21NO3S/c1-22-15-4-2-14(3-5-15)18(21)20-10-8-19(9-11-20)16-7-13-24-17(16)6-12-23-19/h2-5,7,13H,6,8-12H2,1H3. The number of carbonyl (C=O) groups excluding carboxylic acids is 1. The predicted octanol–water partition coefficient (Wildman–Crippen LogP) is 3.46. The van der Waals surface area contributed by atoms with Gasteiger partial charge in [0.05, 0.1) is 19.3 Å². The van der Waals surface area contributed by atoms with E-state index in [-0.39, 0.29) is 11.5 Å². The second-order valence-corrected chi connectivity index (χ2v) is 7.37. The van der Waals surface area contributed by atoms with Crippen LogP contribution in [0.1, 0.15) is 33.6 Å². The van der Waals surface area contributed by atoms with E-state index in [0.717, 1.165) is 44.7 Å². The van der Waals surface area contributed by atoms with E-state index in [1.165, 1.54) is 10.4 Å². The van der Waals surface area contributed by atoms with Crippen LogP contribution in [0.15, 0.2) is 35.7 Å². The van der Waals surface area contributed by atoms with Gasteiger partial charge in [-0.05, 0) is 54.1 Å². The first-order valence-corrected chi connectivity index (χ1v) is 9.24. The number of nitrogens with zero attached hydrogens (tertiary/aromatic N) is 1. The summed E-state index contributed by atoms with van der Waals surface area (Å²) >= 11 is 1.83. The van der Waals surface area contributed by atoms with Gasteiger partial charge in [0.25, 0.3) is 5.91 Å². The highest BCUT2D eigenvalue weighted by atomic mass is 32.1. The Bertz CT molecular complexity index is 729. The fourth-order valence-electron chi connectivity index (χ4n) is 3.76. The molecule has 5 heteroatoms. The van der Waals surface area contributed by atoms with Crippen LogP contribution < -0.4 is 4.74 Å². The molecule has 1 fully saturated rings. The molecule has 2 aliphatic heterocycles. The molecule has 4 rings (SSSR count).